The molecule has 22 nitrogen and oxygen atoms in total. The quantitative estimate of drug-likeness (QED) is 0.0175. The predicted molar refractivity (Wildman–Crippen MR) is 326 cm³/mol. The van der Waals surface area contributed by atoms with E-state index in [1.807, 2.05) is 53.4 Å². The van der Waals surface area contributed by atoms with Gasteiger partial charge in [0.25, 0.3) is 11.8 Å². The average molecular weight is 1320 g/mol. The molecule has 8 aromatic rings. The molecule has 3 aliphatic carbocycles. The lowest BCUT2D eigenvalue weighted by atomic mass is 10.0. The molecule has 3 amide bonds. The molecule has 14 rings (SSSR count). The van der Waals surface area contributed by atoms with Crippen LogP contribution in [0.25, 0.3) is 45.7 Å². The first kappa shape index (κ1) is 66.1. The molecular formula is C67H63F6N9O13. The van der Waals surface area contributed by atoms with Gasteiger partial charge < -0.3 is 64.2 Å². The molecule has 95 heavy (non-hydrogen) atoms. The lowest BCUT2D eigenvalue weighted by molar-refractivity contribution is -0.130. The monoisotopic (exact) mass is 1320 g/mol. The molecule has 496 valence electrons. The number of nitrogens with zero attached hydrogens (tertiary/aromatic N) is 8. The summed E-state index contributed by atoms with van der Waals surface area (Å²) in [5.74, 6) is 1.55. The van der Waals surface area contributed by atoms with Crippen LogP contribution in [0, 0.1) is 17.8 Å². The standard InChI is InChI=1S/2C22H19F2N3O4.C15H19N3O2.C8H6F2O3/c2*23-22(24)30-14-6-4-12(5-7-14)21-25-20(26-31-21)16-3-1-2-15-17(16)10-13-11-18(29)27(8-9-28)19(13)15;1-2-6-18-13(19)8-9-7-12-10(14(9)18)4-3-5-11(12)15(16)17-20;9-8(10)13-6-3-1-5(2-4-6)7(11)12/h2*1-7,13,19,22,28H,8-11H2;3-5,9,14,20H,2,6-8H2,1H3,(H2,16,17);1-4,8H,(H,11,12). The Hall–Kier alpha value is -10.4. The second-order valence-electron chi connectivity index (χ2n) is 23.0. The van der Waals surface area contributed by atoms with E-state index in [2.05, 4.69) is 52.6 Å². The molecule has 0 saturated carbocycles. The van der Waals surface area contributed by atoms with Crippen LogP contribution in [0.3, 0.4) is 0 Å². The zero-order valence-corrected chi connectivity index (χ0v) is 50.7. The number of hydrogen-bond acceptors (Lipinski definition) is 17. The molecule has 6 atom stereocenters. The number of carboxylic acid groups (broad SMARTS) is 1. The van der Waals surface area contributed by atoms with Gasteiger partial charge >= 0.3 is 25.8 Å². The number of fused-ring (bicyclic) bond motifs is 9. The third-order valence-corrected chi connectivity index (χ3v) is 17.5. The summed E-state index contributed by atoms with van der Waals surface area (Å²) >= 11 is 0. The smallest absolute Gasteiger partial charge is 0.387 e. The molecule has 0 radical (unpaired) electrons. The number of carbonyl (C=O) groups excluding carboxylic acids is 3. The van der Waals surface area contributed by atoms with Crippen molar-refractivity contribution >= 4 is 29.5 Å². The average Bonchev–Trinajstić information content (AvgIpc) is 1.61. The molecule has 6 unspecified atom stereocenters. The summed E-state index contributed by atoms with van der Waals surface area (Å²) in [7, 11) is 0. The maximum atomic E-state index is 12.3. The van der Waals surface area contributed by atoms with Gasteiger partial charge in [-0.15, -0.1) is 0 Å². The van der Waals surface area contributed by atoms with Crippen LogP contribution in [-0.2, 0) is 33.6 Å². The fourth-order valence-corrected chi connectivity index (χ4v) is 13.7. The number of aliphatic hydroxyl groups excluding tert-OH is 2. The molecule has 3 fully saturated rings. The van der Waals surface area contributed by atoms with Gasteiger partial charge in [-0.05, 0) is 150 Å². The summed E-state index contributed by atoms with van der Waals surface area (Å²) < 4.78 is 96.1. The molecule has 0 spiro atoms. The topological polar surface area (TPSA) is 303 Å². The SMILES string of the molecule is CCCN1C(=O)CC2Cc3c(/C(N)=N/O)cccc3C21.O=C(O)c1ccc(OC(F)F)cc1.O=C1CC2Cc3c(-c4noc(-c5ccc(OC(F)F)cc5)n4)cccc3C2N1CCO.O=C1CC2Cc3c(-c4noc(-c5ccc(OC(F)F)cc5)n4)cccc3C2N1CCO. The van der Waals surface area contributed by atoms with Gasteiger partial charge in [-0.1, -0.05) is 77.0 Å². The molecule has 2 aromatic heterocycles. The Morgan fingerprint density at radius 3 is 1.28 bits per heavy atom. The minimum Gasteiger partial charge on any atom is -0.478 e. The number of oxime groups is 1. The maximum Gasteiger partial charge on any atom is 0.387 e. The van der Waals surface area contributed by atoms with Gasteiger partial charge in [-0.2, -0.15) is 36.3 Å². The first-order valence-corrected chi connectivity index (χ1v) is 30.4. The van der Waals surface area contributed by atoms with E-state index in [1.54, 1.807) is 34.1 Å². The van der Waals surface area contributed by atoms with Crippen molar-refractivity contribution in [2.45, 2.75) is 89.8 Å². The Kier molecular flexibility index (Phi) is 20.1. The number of ether oxygens (including phenoxy) is 3. The van der Waals surface area contributed by atoms with Crippen molar-refractivity contribution in [1.29, 1.82) is 0 Å². The van der Waals surface area contributed by atoms with Crippen molar-refractivity contribution in [1.82, 2.24) is 35.0 Å². The van der Waals surface area contributed by atoms with Crippen LogP contribution in [0.2, 0.25) is 0 Å². The highest BCUT2D eigenvalue weighted by Crippen LogP contribution is 2.52. The van der Waals surface area contributed by atoms with Crippen LogP contribution >= 0.6 is 0 Å². The number of likely N-dealkylation sites (tertiary alicyclic amines) is 3. The number of carbonyl (C=O) groups is 4. The second-order valence-corrected chi connectivity index (χ2v) is 23.0. The Morgan fingerprint density at radius 1 is 0.547 bits per heavy atom. The summed E-state index contributed by atoms with van der Waals surface area (Å²) in [5, 5.41) is 47.4. The highest BCUT2D eigenvalue weighted by molar-refractivity contribution is 5.99. The van der Waals surface area contributed by atoms with Crippen molar-refractivity contribution in [3.8, 4) is 62.9 Å². The zero-order valence-electron chi connectivity index (χ0n) is 50.7. The molecular weight excluding hydrogens is 1250 g/mol. The number of alkyl halides is 6. The van der Waals surface area contributed by atoms with Crippen LogP contribution in [-0.4, -0.2) is 138 Å². The first-order valence-electron chi connectivity index (χ1n) is 30.4. The van der Waals surface area contributed by atoms with Gasteiger partial charge in [0, 0.05) is 66.7 Å². The molecule has 6 aromatic carbocycles. The van der Waals surface area contributed by atoms with Gasteiger partial charge in [0.1, 0.15) is 17.2 Å². The Bertz CT molecular complexity index is 3920. The number of β-amino-alcohol motifs (C(OH)–C–C–N with tert-alkyl or cyclic N) is 2. The number of rotatable bonds is 18. The highest BCUT2D eigenvalue weighted by atomic mass is 19.3. The predicted octanol–water partition coefficient (Wildman–Crippen LogP) is 10.5. The van der Waals surface area contributed by atoms with E-state index in [1.165, 1.54) is 54.1 Å². The number of hydrogen-bond donors (Lipinski definition) is 5. The number of amidine groups is 1. The van der Waals surface area contributed by atoms with E-state index in [4.69, 9.17) is 25.1 Å². The van der Waals surface area contributed by atoms with Gasteiger partial charge in [0.15, 0.2) is 5.84 Å². The highest BCUT2D eigenvalue weighted by Gasteiger charge is 2.49. The van der Waals surface area contributed by atoms with Crippen LogP contribution < -0.4 is 19.9 Å². The summed E-state index contributed by atoms with van der Waals surface area (Å²) in [5.41, 5.74) is 16.0. The van der Waals surface area contributed by atoms with Crippen molar-refractivity contribution in [3.05, 3.63) is 172 Å². The van der Waals surface area contributed by atoms with Crippen LogP contribution in [0.4, 0.5) is 26.3 Å². The Morgan fingerprint density at radius 2 is 0.916 bits per heavy atom. The normalized spacial score (nSPS) is 19.5. The molecule has 3 saturated heterocycles. The van der Waals surface area contributed by atoms with Gasteiger partial charge in [-0.3, -0.25) is 14.4 Å². The van der Waals surface area contributed by atoms with E-state index in [0.29, 0.717) is 61.0 Å². The minimum atomic E-state index is -2.89. The molecule has 0 bridgehead atoms. The second kappa shape index (κ2) is 28.9. The third-order valence-electron chi connectivity index (χ3n) is 17.5. The molecule has 5 heterocycles. The summed E-state index contributed by atoms with van der Waals surface area (Å²) in [4.78, 5) is 61.6. The number of aromatic carboxylic acids is 1. The van der Waals surface area contributed by atoms with Crippen LogP contribution in [0.5, 0.6) is 17.2 Å². The molecule has 6 N–H and O–H groups in total. The van der Waals surface area contributed by atoms with Crippen molar-refractivity contribution < 1.29 is 89.3 Å². The maximum absolute atomic E-state index is 12.3. The van der Waals surface area contributed by atoms with E-state index in [9.17, 15) is 55.7 Å². The number of benzene rings is 6. The number of aliphatic hydroxyl groups is 2. The third kappa shape index (κ3) is 14.1. The van der Waals surface area contributed by atoms with Gasteiger partial charge in [0.2, 0.25) is 29.4 Å². The van der Waals surface area contributed by atoms with Crippen LogP contribution in [0.1, 0.15) is 100 Å². The fourth-order valence-electron chi connectivity index (χ4n) is 13.7. The summed E-state index contributed by atoms with van der Waals surface area (Å²) in [6.07, 6.45) is 4.78. The number of aromatic nitrogens is 4. The molecule has 6 aliphatic rings. The molecule has 28 heteroatoms. The Balaban J connectivity index is 0.000000135. The minimum absolute atomic E-state index is 0.0293. The van der Waals surface area contributed by atoms with E-state index < -0.39 is 25.8 Å². The van der Waals surface area contributed by atoms with Crippen molar-refractivity contribution in [2.75, 3.05) is 32.8 Å². The number of halogens is 6. The summed E-state index contributed by atoms with van der Waals surface area (Å²) in [6.45, 7) is -5.28. The first-order chi connectivity index (χ1) is 45.9. The van der Waals surface area contributed by atoms with Crippen LogP contribution in [0.15, 0.2) is 142 Å². The van der Waals surface area contributed by atoms with E-state index >= 15 is 0 Å². The number of nitrogens with two attached hydrogens (primary N) is 1. The number of amides is 3. The van der Waals surface area contributed by atoms with Crippen molar-refractivity contribution in [3.63, 3.8) is 0 Å². The zero-order chi connectivity index (χ0) is 67.2. The lowest BCUT2D eigenvalue weighted by Gasteiger charge is -2.24. The van der Waals surface area contributed by atoms with Crippen molar-refractivity contribution in [2.24, 2.45) is 28.6 Å². The molecule has 3 aliphatic heterocycles. The summed E-state index contributed by atoms with van der Waals surface area (Å²) in [6, 6.07) is 34.3. The van der Waals surface area contributed by atoms with E-state index in [0.717, 1.165) is 76.7 Å². The number of carboxylic acids is 1. The van der Waals surface area contributed by atoms with Gasteiger partial charge in [0.05, 0.1) is 36.9 Å². The Labute approximate surface area is 538 Å². The lowest BCUT2D eigenvalue weighted by Crippen LogP contribution is -2.30. The largest absolute Gasteiger partial charge is 0.478 e. The van der Waals surface area contributed by atoms with Gasteiger partial charge in [-0.25, -0.2) is 4.79 Å². The van der Waals surface area contributed by atoms with E-state index in [-0.39, 0.29) is 101 Å². The fraction of sp³-hybridized carbons (Fsp3) is 0.328.